The number of H-pyrrole nitrogens is 1. The fourth-order valence-corrected chi connectivity index (χ4v) is 2.06. The van der Waals surface area contributed by atoms with E-state index >= 15 is 0 Å². The van der Waals surface area contributed by atoms with Gasteiger partial charge in [-0.05, 0) is 40.2 Å². The zero-order valence-electron chi connectivity index (χ0n) is 6.77. The highest BCUT2D eigenvalue weighted by atomic mass is 35.7. The van der Waals surface area contributed by atoms with E-state index in [1.807, 2.05) is 0 Å². The van der Waals surface area contributed by atoms with Crippen LogP contribution < -0.4 is 0 Å². The number of aromatic nitrogens is 2. The highest BCUT2D eigenvalue weighted by molar-refractivity contribution is 8.21. The molecule has 0 saturated carbocycles. The predicted octanol–water partition coefficient (Wildman–Crippen LogP) is 3.26. The normalized spacial score (nSPS) is 11.0. The molecule has 0 amide bonds. The van der Waals surface area contributed by atoms with Gasteiger partial charge in [-0.2, -0.15) is 5.10 Å². The lowest BCUT2D eigenvalue weighted by atomic mass is 10.2. The lowest BCUT2D eigenvalue weighted by Crippen LogP contribution is -1.85. The highest BCUT2D eigenvalue weighted by Gasteiger charge is 2.10. The van der Waals surface area contributed by atoms with Gasteiger partial charge in [0.15, 0.2) is 0 Å². The monoisotopic (exact) mass is 216 g/mol. The second kappa shape index (κ2) is 3.20. The van der Waals surface area contributed by atoms with Crippen LogP contribution in [0.4, 0.5) is 4.39 Å². The Balaban J connectivity index is 2.87. The van der Waals surface area contributed by atoms with Gasteiger partial charge in [0.25, 0.3) is 0 Å². The molecule has 0 spiro atoms. The SMILES string of the molecule is Cc1cc(SCl)c2[nH]ncc2c1F. The van der Waals surface area contributed by atoms with E-state index in [-0.39, 0.29) is 5.82 Å². The number of hydrogen-bond acceptors (Lipinski definition) is 2. The van der Waals surface area contributed by atoms with Crippen LogP contribution in [0.15, 0.2) is 17.2 Å². The summed E-state index contributed by atoms with van der Waals surface area (Å²) in [6, 6.07) is 1.70. The number of aryl methyl sites for hydroxylation is 1. The average Bonchev–Trinajstić information content (AvgIpc) is 2.60. The van der Waals surface area contributed by atoms with E-state index in [9.17, 15) is 4.39 Å². The minimum absolute atomic E-state index is 0.238. The number of aromatic amines is 1. The summed E-state index contributed by atoms with van der Waals surface area (Å²) in [6.45, 7) is 1.71. The van der Waals surface area contributed by atoms with Crippen LogP contribution in [0.1, 0.15) is 5.56 Å². The summed E-state index contributed by atoms with van der Waals surface area (Å²) in [7, 11) is 6.69. The Kier molecular flexibility index (Phi) is 2.17. The summed E-state index contributed by atoms with van der Waals surface area (Å²) in [5.41, 5.74) is 1.24. The van der Waals surface area contributed by atoms with Crippen LogP contribution in [-0.4, -0.2) is 10.2 Å². The molecule has 1 aromatic carbocycles. The minimum Gasteiger partial charge on any atom is -0.277 e. The van der Waals surface area contributed by atoms with Crippen molar-refractivity contribution in [3.8, 4) is 0 Å². The molecule has 0 atom stereocenters. The quantitative estimate of drug-likeness (QED) is 0.793. The molecule has 1 aromatic heterocycles. The molecule has 0 saturated heterocycles. The lowest BCUT2D eigenvalue weighted by molar-refractivity contribution is 0.630. The maximum atomic E-state index is 13.4. The summed E-state index contributed by atoms with van der Waals surface area (Å²) < 4.78 is 13.4. The molecule has 1 heterocycles. The molecule has 1 N–H and O–H groups in total. The van der Waals surface area contributed by atoms with Crippen molar-refractivity contribution in [2.45, 2.75) is 11.8 Å². The Hall–Kier alpha value is -0.740. The average molecular weight is 217 g/mol. The standard InChI is InChI=1S/C8H6ClFN2S/c1-4-2-6(13-9)8-5(7(4)10)3-11-12-8/h2-3H,1H3,(H,11,12). The van der Waals surface area contributed by atoms with Crippen molar-refractivity contribution in [2.24, 2.45) is 0 Å². The molecule has 13 heavy (non-hydrogen) atoms. The number of nitrogens with zero attached hydrogens (tertiary/aromatic N) is 1. The molecular weight excluding hydrogens is 211 g/mol. The van der Waals surface area contributed by atoms with Crippen molar-refractivity contribution < 1.29 is 4.39 Å². The van der Waals surface area contributed by atoms with Crippen LogP contribution >= 0.6 is 21.7 Å². The Labute approximate surface area is 83.0 Å². The molecule has 0 aliphatic carbocycles. The van der Waals surface area contributed by atoms with Crippen molar-refractivity contribution >= 4 is 32.6 Å². The Morgan fingerprint density at radius 3 is 3.08 bits per heavy atom. The largest absolute Gasteiger partial charge is 0.277 e. The van der Waals surface area contributed by atoms with Gasteiger partial charge in [0.2, 0.25) is 0 Å². The van der Waals surface area contributed by atoms with E-state index in [0.29, 0.717) is 16.5 Å². The summed E-state index contributed by atoms with van der Waals surface area (Å²) >= 11 is 0. The van der Waals surface area contributed by atoms with Crippen molar-refractivity contribution in [1.29, 1.82) is 0 Å². The van der Waals surface area contributed by atoms with E-state index < -0.39 is 0 Å². The van der Waals surface area contributed by atoms with Gasteiger partial charge < -0.3 is 0 Å². The van der Waals surface area contributed by atoms with Gasteiger partial charge >= 0.3 is 0 Å². The summed E-state index contributed by atoms with van der Waals surface area (Å²) in [6.07, 6.45) is 1.47. The van der Waals surface area contributed by atoms with Crippen LogP contribution in [0.25, 0.3) is 10.9 Å². The zero-order chi connectivity index (χ0) is 9.42. The van der Waals surface area contributed by atoms with Gasteiger partial charge in [0.05, 0.1) is 17.1 Å². The predicted molar refractivity (Wildman–Crippen MR) is 52.5 cm³/mol. The van der Waals surface area contributed by atoms with Crippen molar-refractivity contribution in [1.82, 2.24) is 10.2 Å². The molecule has 5 heteroatoms. The second-order valence-electron chi connectivity index (χ2n) is 2.74. The molecule has 2 rings (SSSR count). The van der Waals surface area contributed by atoms with E-state index in [4.69, 9.17) is 10.7 Å². The fraction of sp³-hybridized carbons (Fsp3) is 0.125. The van der Waals surface area contributed by atoms with Gasteiger partial charge in [0.1, 0.15) is 5.82 Å². The third-order valence-electron chi connectivity index (χ3n) is 1.90. The Morgan fingerprint density at radius 1 is 1.62 bits per heavy atom. The molecule has 0 aliphatic rings. The van der Waals surface area contributed by atoms with E-state index in [1.54, 1.807) is 13.0 Å². The van der Waals surface area contributed by atoms with Crippen LogP contribution in [0.5, 0.6) is 0 Å². The zero-order valence-corrected chi connectivity index (χ0v) is 8.34. The number of rotatable bonds is 1. The molecule has 0 fully saturated rings. The van der Waals surface area contributed by atoms with Crippen LogP contribution in [0.2, 0.25) is 0 Å². The van der Waals surface area contributed by atoms with Gasteiger partial charge in [-0.3, -0.25) is 5.10 Å². The van der Waals surface area contributed by atoms with Crippen molar-refractivity contribution in [2.75, 3.05) is 0 Å². The number of fused-ring (bicyclic) bond motifs is 1. The van der Waals surface area contributed by atoms with Crippen LogP contribution in [0.3, 0.4) is 0 Å². The summed E-state index contributed by atoms with van der Waals surface area (Å²) in [5.74, 6) is -0.238. The summed E-state index contributed by atoms with van der Waals surface area (Å²) in [4.78, 5) is 0.799. The second-order valence-corrected chi connectivity index (χ2v) is 3.80. The maximum absolute atomic E-state index is 13.4. The van der Waals surface area contributed by atoms with E-state index in [1.165, 1.54) is 6.20 Å². The molecular formula is C8H6ClFN2S. The first-order valence-electron chi connectivity index (χ1n) is 3.65. The Bertz CT molecular complexity index is 455. The first-order valence-corrected chi connectivity index (χ1v) is 5.29. The maximum Gasteiger partial charge on any atom is 0.137 e. The number of nitrogens with one attached hydrogen (secondary N) is 1. The lowest BCUT2D eigenvalue weighted by Gasteiger charge is -2.01. The van der Waals surface area contributed by atoms with Gasteiger partial charge in [-0.1, -0.05) is 0 Å². The van der Waals surface area contributed by atoms with Gasteiger partial charge in [-0.25, -0.2) is 4.39 Å². The molecule has 0 unspecified atom stereocenters. The molecule has 2 nitrogen and oxygen atoms in total. The number of hydrogen-bond donors (Lipinski definition) is 1. The fourth-order valence-electron chi connectivity index (χ4n) is 1.25. The first-order chi connectivity index (χ1) is 6.24. The third kappa shape index (κ3) is 1.30. The van der Waals surface area contributed by atoms with Gasteiger partial charge in [0, 0.05) is 4.90 Å². The molecule has 0 bridgehead atoms. The molecule has 0 aliphatic heterocycles. The number of benzene rings is 1. The van der Waals surface area contributed by atoms with Crippen LogP contribution in [-0.2, 0) is 0 Å². The Morgan fingerprint density at radius 2 is 2.38 bits per heavy atom. The van der Waals surface area contributed by atoms with Crippen molar-refractivity contribution in [3.63, 3.8) is 0 Å². The summed E-state index contributed by atoms with van der Waals surface area (Å²) in [5, 5.41) is 6.98. The van der Waals surface area contributed by atoms with E-state index in [0.717, 1.165) is 15.9 Å². The van der Waals surface area contributed by atoms with Crippen LogP contribution in [0, 0.1) is 12.7 Å². The molecule has 68 valence electrons. The molecule has 0 radical (unpaired) electrons. The number of halogens is 2. The van der Waals surface area contributed by atoms with Gasteiger partial charge in [-0.15, -0.1) is 0 Å². The van der Waals surface area contributed by atoms with E-state index in [2.05, 4.69) is 10.2 Å². The van der Waals surface area contributed by atoms with Crippen molar-refractivity contribution in [3.05, 3.63) is 23.6 Å². The topological polar surface area (TPSA) is 28.7 Å². The highest BCUT2D eigenvalue weighted by Crippen LogP contribution is 2.32. The molecule has 2 aromatic rings. The third-order valence-corrected chi connectivity index (χ3v) is 2.89. The smallest absolute Gasteiger partial charge is 0.137 e. The first kappa shape index (κ1) is 8.84. The minimum atomic E-state index is -0.238.